The van der Waals surface area contributed by atoms with Gasteiger partial charge in [-0.3, -0.25) is 0 Å². The minimum Gasteiger partial charge on any atom is -0.387 e. The van der Waals surface area contributed by atoms with E-state index in [-0.39, 0.29) is 11.6 Å². The van der Waals surface area contributed by atoms with Gasteiger partial charge in [-0.15, -0.1) is 0 Å². The second-order valence-corrected chi connectivity index (χ2v) is 5.26. The molecule has 0 aliphatic carbocycles. The van der Waals surface area contributed by atoms with Gasteiger partial charge in [0.2, 0.25) is 0 Å². The van der Waals surface area contributed by atoms with Crippen LogP contribution in [0.1, 0.15) is 45.3 Å². The molecule has 0 fully saturated rings. The summed E-state index contributed by atoms with van der Waals surface area (Å²) in [5, 5.41) is 13.4. The summed E-state index contributed by atoms with van der Waals surface area (Å²) in [4.78, 5) is 0. The van der Waals surface area contributed by atoms with Crippen molar-refractivity contribution in [2.45, 2.75) is 45.8 Å². The van der Waals surface area contributed by atoms with Crippen LogP contribution in [-0.2, 0) is 0 Å². The minimum absolute atomic E-state index is 0.0175. The quantitative estimate of drug-likeness (QED) is 0.796. The fourth-order valence-corrected chi connectivity index (χ4v) is 1.99. The Bertz CT molecular complexity index is 396. The van der Waals surface area contributed by atoms with Crippen molar-refractivity contribution in [3.63, 3.8) is 0 Å². The minimum atomic E-state index is -1.03. The van der Waals surface area contributed by atoms with Crippen molar-refractivity contribution in [1.29, 1.82) is 0 Å². The summed E-state index contributed by atoms with van der Waals surface area (Å²) in [7, 11) is 0. The van der Waals surface area contributed by atoms with Gasteiger partial charge in [0.25, 0.3) is 0 Å². The van der Waals surface area contributed by atoms with Crippen molar-refractivity contribution in [2.75, 3.05) is 6.54 Å². The predicted molar refractivity (Wildman–Crippen MR) is 72.9 cm³/mol. The lowest BCUT2D eigenvalue weighted by atomic mass is 9.99. The highest BCUT2D eigenvalue weighted by Gasteiger charge is 2.22. The Hall–Kier alpha value is -1.00. The molecular formula is C15H23F2NO. The van der Waals surface area contributed by atoms with Crippen molar-refractivity contribution >= 4 is 0 Å². The lowest BCUT2D eigenvalue weighted by molar-refractivity contribution is 0.121. The van der Waals surface area contributed by atoms with Gasteiger partial charge in [0.15, 0.2) is 0 Å². The molecular weight excluding hydrogens is 248 g/mol. The van der Waals surface area contributed by atoms with E-state index < -0.39 is 17.7 Å². The van der Waals surface area contributed by atoms with Gasteiger partial charge in [-0.25, -0.2) is 8.78 Å². The molecule has 0 saturated heterocycles. The van der Waals surface area contributed by atoms with Gasteiger partial charge in [0.05, 0.1) is 6.10 Å². The molecule has 0 heterocycles. The molecule has 4 heteroatoms. The summed E-state index contributed by atoms with van der Waals surface area (Å²) in [5.41, 5.74) is 0.0175. The van der Waals surface area contributed by atoms with Crippen LogP contribution >= 0.6 is 0 Å². The molecule has 0 aliphatic rings. The molecule has 2 unspecified atom stereocenters. The highest BCUT2D eigenvalue weighted by Crippen LogP contribution is 2.23. The predicted octanol–water partition coefficient (Wildman–Crippen LogP) is 3.41. The summed E-state index contributed by atoms with van der Waals surface area (Å²) < 4.78 is 26.7. The number of rotatable bonds is 7. The molecule has 0 aliphatic heterocycles. The zero-order chi connectivity index (χ0) is 14.4. The molecule has 1 aromatic carbocycles. The normalized spacial score (nSPS) is 14.7. The largest absolute Gasteiger partial charge is 0.387 e. The van der Waals surface area contributed by atoms with Crippen molar-refractivity contribution in [3.05, 3.63) is 35.4 Å². The van der Waals surface area contributed by atoms with Crippen LogP contribution in [-0.4, -0.2) is 17.7 Å². The van der Waals surface area contributed by atoms with E-state index in [1.54, 1.807) is 0 Å². The highest BCUT2D eigenvalue weighted by atomic mass is 19.1. The smallest absolute Gasteiger partial charge is 0.129 e. The Balaban J connectivity index is 2.71. The average Bonchev–Trinajstić information content (AvgIpc) is 2.36. The standard InChI is InChI=1S/C15H23F2NO/c1-4-14(18-8-7-10(2)3)15(19)12-9-11(16)5-6-13(12)17/h5-6,9-10,14-15,18-19H,4,7-8H2,1-3H3. The summed E-state index contributed by atoms with van der Waals surface area (Å²) in [6.07, 6.45) is 0.595. The van der Waals surface area contributed by atoms with Crippen LogP contribution in [0.5, 0.6) is 0 Å². The van der Waals surface area contributed by atoms with E-state index in [4.69, 9.17) is 0 Å². The molecule has 1 rings (SSSR count). The number of hydrogen-bond donors (Lipinski definition) is 2. The topological polar surface area (TPSA) is 32.3 Å². The van der Waals surface area contributed by atoms with E-state index in [1.807, 2.05) is 6.92 Å². The molecule has 0 spiro atoms. The average molecular weight is 271 g/mol. The van der Waals surface area contributed by atoms with Crippen LogP contribution in [0.2, 0.25) is 0 Å². The third kappa shape index (κ3) is 4.88. The van der Waals surface area contributed by atoms with Gasteiger partial charge in [-0.2, -0.15) is 0 Å². The molecule has 2 nitrogen and oxygen atoms in total. The van der Waals surface area contributed by atoms with Crippen LogP contribution < -0.4 is 5.32 Å². The summed E-state index contributed by atoms with van der Waals surface area (Å²) in [6.45, 7) is 6.90. The van der Waals surface area contributed by atoms with Crippen LogP contribution in [0.15, 0.2) is 18.2 Å². The first-order valence-corrected chi connectivity index (χ1v) is 6.82. The molecule has 19 heavy (non-hydrogen) atoms. The fourth-order valence-electron chi connectivity index (χ4n) is 1.99. The summed E-state index contributed by atoms with van der Waals surface area (Å²) in [6, 6.07) is 2.90. The molecule has 2 N–H and O–H groups in total. The molecule has 0 radical (unpaired) electrons. The third-order valence-corrected chi connectivity index (χ3v) is 3.23. The first kappa shape index (κ1) is 16.1. The Kier molecular flexibility index (Phi) is 6.38. The SMILES string of the molecule is CCC(NCCC(C)C)C(O)c1cc(F)ccc1F. The molecule has 0 amide bonds. The van der Waals surface area contributed by atoms with E-state index >= 15 is 0 Å². The van der Waals surface area contributed by atoms with E-state index in [2.05, 4.69) is 19.2 Å². The molecule has 2 atom stereocenters. The van der Waals surface area contributed by atoms with Crippen molar-refractivity contribution in [1.82, 2.24) is 5.32 Å². The van der Waals surface area contributed by atoms with E-state index in [1.165, 1.54) is 0 Å². The maximum Gasteiger partial charge on any atom is 0.129 e. The van der Waals surface area contributed by atoms with E-state index in [0.717, 1.165) is 31.2 Å². The zero-order valence-corrected chi connectivity index (χ0v) is 11.8. The second-order valence-electron chi connectivity index (χ2n) is 5.26. The monoisotopic (exact) mass is 271 g/mol. The molecule has 0 aromatic heterocycles. The van der Waals surface area contributed by atoms with Crippen LogP contribution in [0, 0.1) is 17.6 Å². The Morgan fingerprint density at radius 1 is 1.26 bits per heavy atom. The summed E-state index contributed by atoms with van der Waals surface area (Å²) >= 11 is 0. The van der Waals surface area contributed by atoms with Crippen molar-refractivity contribution in [2.24, 2.45) is 5.92 Å². The first-order chi connectivity index (χ1) is 8.95. The Morgan fingerprint density at radius 3 is 2.53 bits per heavy atom. The van der Waals surface area contributed by atoms with Gasteiger partial charge >= 0.3 is 0 Å². The van der Waals surface area contributed by atoms with Crippen LogP contribution in [0.3, 0.4) is 0 Å². The van der Waals surface area contributed by atoms with E-state index in [9.17, 15) is 13.9 Å². The van der Waals surface area contributed by atoms with Gasteiger partial charge < -0.3 is 10.4 Å². The summed E-state index contributed by atoms with van der Waals surface area (Å²) in [5.74, 6) is -0.543. The molecule has 0 bridgehead atoms. The Morgan fingerprint density at radius 2 is 1.95 bits per heavy atom. The number of nitrogens with one attached hydrogen (secondary N) is 1. The first-order valence-electron chi connectivity index (χ1n) is 6.82. The number of halogens is 2. The lowest BCUT2D eigenvalue weighted by Crippen LogP contribution is -2.36. The highest BCUT2D eigenvalue weighted by molar-refractivity contribution is 5.22. The fraction of sp³-hybridized carbons (Fsp3) is 0.600. The van der Waals surface area contributed by atoms with Crippen LogP contribution in [0.25, 0.3) is 0 Å². The molecule has 0 saturated carbocycles. The molecule has 1 aromatic rings. The van der Waals surface area contributed by atoms with Gasteiger partial charge in [0.1, 0.15) is 11.6 Å². The molecule has 108 valence electrons. The van der Waals surface area contributed by atoms with Crippen molar-refractivity contribution in [3.8, 4) is 0 Å². The Labute approximate surface area is 113 Å². The zero-order valence-electron chi connectivity index (χ0n) is 11.8. The maximum atomic E-state index is 13.6. The van der Waals surface area contributed by atoms with Crippen molar-refractivity contribution < 1.29 is 13.9 Å². The number of aliphatic hydroxyl groups is 1. The van der Waals surface area contributed by atoms with Gasteiger partial charge in [0, 0.05) is 11.6 Å². The van der Waals surface area contributed by atoms with Gasteiger partial charge in [-0.05, 0) is 43.5 Å². The second kappa shape index (κ2) is 7.56. The van der Waals surface area contributed by atoms with Gasteiger partial charge in [-0.1, -0.05) is 20.8 Å². The maximum absolute atomic E-state index is 13.6. The number of benzene rings is 1. The number of aliphatic hydroxyl groups excluding tert-OH is 1. The third-order valence-electron chi connectivity index (χ3n) is 3.23. The lowest BCUT2D eigenvalue weighted by Gasteiger charge is -2.24. The number of hydrogen-bond acceptors (Lipinski definition) is 2. The van der Waals surface area contributed by atoms with Crippen LogP contribution in [0.4, 0.5) is 8.78 Å². The van der Waals surface area contributed by atoms with E-state index in [0.29, 0.717) is 12.3 Å².